The van der Waals surface area contributed by atoms with E-state index in [-0.39, 0.29) is 11.3 Å². The van der Waals surface area contributed by atoms with E-state index in [1.54, 1.807) is 13.8 Å². The zero-order chi connectivity index (χ0) is 12.3. The Morgan fingerprint density at radius 1 is 1.62 bits per heavy atom. The first kappa shape index (κ1) is 12.1. The third kappa shape index (κ3) is 2.51. The molecule has 0 saturated carbocycles. The molecule has 0 aliphatic rings. The lowest BCUT2D eigenvalue weighted by Crippen LogP contribution is -2.31. The maximum Gasteiger partial charge on any atom is 0.252 e. The van der Waals surface area contributed by atoms with Crippen molar-refractivity contribution in [3.8, 4) is 12.3 Å². The SMILES string of the molecule is C#CC(C)NC(=O)c1cc(N)c(C)c(F)c1. The Labute approximate surface area is 93.8 Å². The van der Waals surface area contributed by atoms with E-state index in [0.717, 1.165) is 6.07 Å². The fraction of sp³-hybridized carbons (Fsp3) is 0.250. The van der Waals surface area contributed by atoms with Crippen LogP contribution in [-0.4, -0.2) is 11.9 Å². The molecule has 0 heterocycles. The number of nitrogen functional groups attached to an aromatic ring is 1. The van der Waals surface area contributed by atoms with Crippen LogP contribution in [0.2, 0.25) is 0 Å². The molecule has 1 atom stereocenters. The molecule has 0 spiro atoms. The molecule has 0 radical (unpaired) electrons. The van der Waals surface area contributed by atoms with Gasteiger partial charge in [0.25, 0.3) is 5.91 Å². The van der Waals surface area contributed by atoms with Crippen molar-refractivity contribution in [1.82, 2.24) is 5.32 Å². The number of halogens is 1. The Hall–Kier alpha value is -2.02. The molecule has 0 aromatic heterocycles. The molecular weight excluding hydrogens is 207 g/mol. The molecule has 0 bridgehead atoms. The van der Waals surface area contributed by atoms with Gasteiger partial charge in [0.15, 0.2) is 0 Å². The van der Waals surface area contributed by atoms with E-state index < -0.39 is 17.8 Å². The number of nitrogens with two attached hydrogens (primary N) is 1. The second-order valence-corrected chi connectivity index (χ2v) is 3.53. The smallest absolute Gasteiger partial charge is 0.252 e. The lowest BCUT2D eigenvalue weighted by Gasteiger charge is -2.09. The molecule has 84 valence electrons. The van der Waals surface area contributed by atoms with Gasteiger partial charge in [0.1, 0.15) is 5.82 Å². The van der Waals surface area contributed by atoms with E-state index >= 15 is 0 Å². The van der Waals surface area contributed by atoms with Crippen LogP contribution in [0.5, 0.6) is 0 Å². The van der Waals surface area contributed by atoms with Crippen LogP contribution in [0.15, 0.2) is 12.1 Å². The van der Waals surface area contributed by atoms with Crippen LogP contribution >= 0.6 is 0 Å². The third-order valence-electron chi connectivity index (χ3n) is 2.24. The highest BCUT2D eigenvalue weighted by Gasteiger charge is 2.12. The van der Waals surface area contributed by atoms with E-state index in [1.807, 2.05) is 0 Å². The Balaban J connectivity index is 2.98. The van der Waals surface area contributed by atoms with Gasteiger partial charge in [-0.3, -0.25) is 4.79 Å². The van der Waals surface area contributed by atoms with E-state index in [9.17, 15) is 9.18 Å². The summed E-state index contributed by atoms with van der Waals surface area (Å²) in [6, 6.07) is 2.17. The molecule has 0 aliphatic heterocycles. The third-order valence-corrected chi connectivity index (χ3v) is 2.24. The zero-order valence-electron chi connectivity index (χ0n) is 9.17. The summed E-state index contributed by atoms with van der Waals surface area (Å²) < 4.78 is 13.3. The van der Waals surface area contributed by atoms with Crippen LogP contribution in [0.3, 0.4) is 0 Å². The van der Waals surface area contributed by atoms with E-state index in [1.165, 1.54) is 6.07 Å². The van der Waals surface area contributed by atoms with Crippen LogP contribution in [0.1, 0.15) is 22.8 Å². The van der Waals surface area contributed by atoms with Gasteiger partial charge in [0.05, 0.1) is 6.04 Å². The van der Waals surface area contributed by atoms with E-state index in [0.29, 0.717) is 5.56 Å². The number of hydrogen-bond donors (Lipinski definition) is 2. The Morgan fingerprint density at radius 2 is 2.25 bits per heavy atom. The van der Waals surface area contributed by atoms with Crippen molar-refractivity contribution in [2.24, 2.45) is 0 Å². The van der Waals surface area contributed by atoms with Crippen molar-refractivity contribution in [2.45, 2.75) is 19.9 Å². The number of hydrogen-bond acceptors (Lipinski definition) is 2. The van der Waals surface area contributed by atoms with Gasteiger partial charge in [-0.1, -0.05) is 5.92 Å². The molecule has 1 aromatic rings. The minimum Gasteiger partial charge on any atom is -0.398 e. The molecule has 1 aromatic carbocycles. The van der Waals surface area contributed by atoms with Gasteiger partial charge in [-0.2, -0.15) is 0 Å². The molecule has 0 fully saturated rings. The Kier molecular flexibility index (Phi) is 3.51. The number of rotatable bonds is 2. The molecule has 1 unspecified atom stereocenters. The molecule has 0 aliphatic carbocycles. The molecule has 3 nitrogen and oxygen atoms in total. The highest BCUT2D eigenvalue weighted by atomic mass is 19.1. The molecule has 16 heavy (non-hydrogen) atoms. The number of anilines is 1. The van der Waals surface area contributed by atoms with Crippen LogP contribution < -0.4 is 11.1 Å². The second-order valence-electron chi connectivity index (χ2n) is 3.53. The van der Waals surface area contributed by atoms with Gasteiger partial charge in [-0.05, 0) is 26.0 Å². The highest BCUT2D eigenvalue weighted by Crippen LogP contribution is 2.17. The topological polar surface area (TPSA) is 55.1 Å². The zero-order valence-corrected chi connectivity index (χ0v) is 9.17. The first-order valence-corrected chi connectivity index (χ1v) is 4.78. The van der Waals surface area contributed by atoms with Crippen LogP contribution in [0.4, 0.5) is 10.1 Å². The summed E-state index contributed by atoms with van der Waals surface area (Å²) in [5.74, 6) is 1.41. The largest absolute Gasteiger partial charge is 0.398 e. The number of nitrogens with one attached hydrogen (secondary N) is 1. The molecule has 1 rings (SSSR count). The number of carbonyl (C=O) groups excluding carboxylic acids is 1. The normalized spacial score (nSPS) is 11.6. The lowest BCUT2D eigenvalue weighted by molar-refractivity contribution is 0.0947. The maximum absolute atomic E-state index is 13.3. The number of benzene rings is 1. The summed E-state index contributed by atoms with van der Waals surface area (Å²) in [7, 11) is 0. The predicted molar refractivity (Wildman–Crippen MR) is 61.3 cm³/mol. The fourth-order valence-electron chi connectivity index (χ4n) is 1.15. The summed E-state index contributed by atoms with van der Waals surface area (Å²) in [6.45, 7) is 3.21. The Bertz CT molecular complexity index is 440. The summed E-state index contributed by atoms with van der Waals surface area (Å²) in [6.07, 6.45) is 5.12. The summed E-state index contributed by atoms with van der Waals surface area (Å²) in [5, 5.41) is 2.52. The first-order valence-electron chi connectivity index (χ1n) is 4.78. The molecular formula is C12H13FN2O. The molecule has 4 heteroatoms. The first-order chi connectivity index (χ1) is 7.45. The second kappa shape index (κ2) is 4.67. The van der Waals surface area contributed by atoms with Crippen molar-refractivity contribution in [3.05, 3.63) is 29.1 Å². The number of amides is 1. The van der Waals surface area contributed by atoms with Crippen molar-refractivity contribution in [1.29, 1.82) is 0 Å². The number of terminal acetylenes is 1. The van der Waals surface area contributed by atoms with Gasteiger partial charge in [-0.15, -0.1) is 6.42 Å². The van der Waals surface area contributed by atoms with Crippen molar-refractivity contribution in [3.63, 3.8) is 0 Å². The molecule has 0 saturated heterocycles. The fourth-order valence-corrected chi connectivity index (χ4v) is 1.15. The van der Waals surface area contributed by atoms with Gasteiger partial charge in [-0.25, -0.2) is 4.39 Å². The lowest BCUT2D eigenvalue weighted by atomic mass is 10.1. The summed E-state index contributed by atoms with van der Waals surface area (Å²) >= 11 is 0. The monoisotopic (exact) mass is 220 g/mol. The number of carbonyl (C=O) groups is 1. The van der Waals surface area contributed by atoms with Crippen LogP contribution in [-0.2, 0) is 0 Å². The summed E-state index contributed by atoms with van der Waals surface area (Å²) in [4.78, 5) is 11.6. The average molecular weight is 220 g/mol. The predicted octanol–water partition coefficient (Wildman–Crippen LogP) is 1.47. The van der Waals surface area contributed by atoms with Gasteiger partial charge >= 0.3 is 0 Å². The van der Waals surface area contributed by atoms with Crippen molar-refractivity contribution < 1.29 is 9.18 Å². The molecule has 1 amide bonds. The van der Waals surface area contributed by atoms with Gasteiger partial charge in [0, 0.05) is 16.8 Å². The highest BCUT2D eigenvalue weighted by molar-refractivity contribution is 5.95. The van der Waals surface area contributed by atoms with Crippen LogP contribution in [0.25, 0.3) is 0 Å². The van der Waals surface area contributed by atoms with Crippen LogP contribution in [0, 0.1) is 25.1 Å². The van der Waals surface area contributed by atoms with E-state index in [4.69, 9.17) is 12.2 Å². The maximum atomic E-state index is 13.3. The van der Waals surface area contributed by atoms with E-state index in [2.05, 4.69) is 11.2 Å². The minimum atomic E-state index is -0.501. The quantitative estimate of drug-likeness (QED) is 0.585. The minimum absolute atomic E-state index is 0.169. The van der Waals surface area contributed by atoms with Crippen molar-refractivity contribution >= 4 is 11.6 Å². The molecule has 3 N–H and O–H groups in total. The van der Waals surface area contributed by atoms with Gasteiger partial charge in [0.2, 0.25) is 0 Å². The van der Waals surface area contributed by atoms with Crippen molar-refractivity contribution in [2.75, 3.05) is 5.73 Å². The van der Waals surface area contributed by atoms with Gasteiger partial charge < -0.3 is 11.1 Å². The average Bonchev–Trinajstić information content (AvgIpc) is 2.24. The Morgan fingerprint density at radius 3 is 2.75 bits per heavy atom. The summed E-state index contributed by atoms with van der Waals surface area (Å²) in [5.41, 5.74) is 6.31. The standard InChI is InChI=1S/C12H13FN2O/c1-4-7(2)15-12(16)9-5-10(13)8(3)11(14)6-9/h1,5-7H,14H2,2-3H3,(H,15,16).